The Hall–Kier alpha value is 2.10. The van der Waals surface area contributed by atoms with Crippen molar-refractivity contribution in [1.29, 1.82) is 0 Å². The normalized spacial score (nSPS) is 0. The minimum Gasteiger partial charge on any atom is -0.147 e. The summed E-state index contributed by atoms with van der Waals surface area (Å²) in [4.78, 5) is 0. The Labute approximate surface area is 76.6 Å². The maximum Gasteiger partial charge on any atom is 0 e. The third-order valence-corrected chi connectivity index (χ3v) is 0. The number of halogens is 4. The Morgan fingerprint density at radius 3 is 0.400 bits per heavy atom. The van der Waals surface area contributed by atoms with Gasteiger partial charge in [0.25, 0.3) is 0 Å². The van der Waals surface area contributed by atoms with Gasteiger partial charge in [-0.3, -0.25) is 0 Å². The number of rotatable bonds is 0. The molecule has 0 saturated carbocycles. The fraction of sp³-hybridized carbons (Fsp3) is 0. The van der Waals surface area contributed by atoms with Gasteiger partial charge in [-0.2, -0.15) is 0 Å². The fourth-order valence-corrected chi connectivity index (χ4v) is 0. The molecule has 0 rings (SSSR count). The standard InChI is InChI=1S/4ClH.Hg/h4*1H;. The van der Waals surface area contributed by atoms with Gasteiger partial charge in [-0.15, -0.1) is 49.6 Å². The van der Waals surface area contributed by atoms with E-state index in [2.05, 4.69) is 0 Å². The van der Waals surface area contributed by atoms with Gasteiger partial charge in [-0.1, -0.05) is 0 Å². The van der Waals surface area contributed by atoms with Gasteiger partial charge in [0.15, 0.2) is 0 Å². The van der Waals surface area contributed by atoms with Crippen LogP contribution in [0.25, 0.3) is 0 Å². The first-order valence-corrected chi connectivity index (χ1v) is 0. The molecule has 0 aromatic rings. The van der Waals surface area contributed by atoms with Crippen molar-refractivity contribution in [2.75, 3.05) is 0 Å². The first-order chi connectivity index (χ1) is 0. The van der Waals surface area contributed by atoms with Crippen LogP contribution in [0.15, 0.2) is 0 Å². The van der Waals surface area contributed by atoms with E-state index in [-0.39, 0.29) is 77.3 Å². The molecule has 0 amide bonds. The molecule has 0 bridgehead atoms. The molecule has 34 valence electrons. The maximum absolute atomic E-state index is 0. The van der Waals surface area contributed by atoms with Crippen LogP contribution in [-0.2, 0) is 27.7 Å². The molecule has 0 unspecified atom stereocenters. The van der Waals surface area contributed by atoms with E-state index in [0.717, 1.165) is 0 Å². The molecular formula is H4Cl4Hg. The zero-order chi connectivity index (χ0) is 0. The van der Waals surface area contributed by atoms with Gasteiger partial charge in [0.1, 0.15) is 0 Å². The SMILES string of the molecule is Cl.Cl.Cl.Cl.[Hg]. The average molecular weight is 346 g/mol. The van der Waals surface area contributed by atoms with Crippen LogP contribution in [0.2, 0.25) is 0 Å². The Morgan fingerprint density at radius 1 is 0.400 bits per heavy atom. The summed E-state index contributed by atoms with van der Waals surface area (Å²) < 4.78 is 0. The van der Waals surface area contributed by atoms with Gasteiger partial charge in [-0.05, 0) is 0 Å². The summed E-state index contributed by atoms with van der Waals surface area (Å²) in [7, 11) is 0. The molecule has 0 spiro atoms. The maximum atomic E-state index is 0. The van der Waals surface area contributed by atoms with Gasteiger partial charge < -0.3 is 0 Å². The Bertz CT molecular complexity index is 3.61. The zero-order valence-corrected chi connectivity index (χ0v) is 11.1. The van der Waals surface area contributed by atoms with Crippen LogP contribution in [0.5, 0.6) is 0 Å². The van der Waals surface area contributed by atoms with E-state index in [1.807, 2.05) is 0 Å². The van der Waals surface area contributed by atoms with Crippen molar-refractivity contribution < 1.29 is 27.7 Å². The molecule has 5 heavy (non-hydrogen) atoms. The molecule has 0 aromatic carbocycles. The topological polar surface area (TPSA) is 0 Å². The summed E-state index contributed by atoms with van der Waals surface area (Å²) >= 11 is 0. The van der Waals surface area contributed by atoms with Crippen LogP contribution >= 0.6 is 49.6 Å². The predicted octanol–water partition coefficient (Wildman–Crippen LogP) is 1.68. The van der Waals surface area contributed by atoms with Crippen molar-refractivity contribution in [2.45, 2.75) is 0 Å². The summed E-state index contributed by atoms with van der Waals surface area (Å²) in [6, 6.07) is 0. The van der Waals surface area contributed by atoms with Gasteiger partial charge in [0.05, 0.1) is 0 Å². The zero-order valence-electron chi connectivity index (χ0n) is 2.34. The Kier molecular flexibility index (Phi) is 433. The number of hydrogen-bond acceptors (Lipinski definition) is 0. The quantitative estimate of drug-likeness (QED) is 0.586. The van der Waals surface area contributed by atoms with E-state index in [1.54, 1.807) is 0 Å². The first kappa shape index (κ1) is 60.1. The molecule has 0 radical (unpaired) electrons. The van der Waals surface area contributed by atoms with Crippen molar-refractivity contribution in [3.8, 4) is 0 Å². The second-order valence-electron chi connectivity index (χ2n) is 0. The predicted molar refractivity (Wildman–Crippen MR) is 29.0 cm³/mol. The van der Waals surface area contributed by atoms with E-state index in [0.29, 0.717) is 0 Å². The number of hydrogen-bond donors (Lipinski definition) is 0. The van der Waals surface area contributed by atoms with Gasteiger partial charge in [-0.25, -0.2) is 0 Å². The minimum atomic E-state index is 0. The van der Waals surface area contributed by atoms with Gasteiger partial charge in [0.2, 0.25) is 0 Å². The average Bonchev–Trinajstić information content (AvgIpc) is 0. The molecule has 5 heteroatoms. The van der Waals surface area contributed by atoms with E-state index in [9.17, 15) is 0 Å². The monoisotopic (exact) mass is 346 g/mol. The second-order valence-corrected chi connectivity index (χ2v) is 0. The van der Waals surface area contributed by atoms with Crippen LogP contribution < -0.4 is 0 Å². The van der Waals surface area contributed by atoms with Crippen LogP contribution in [0.4, 0.5) is 0 Å². The molecule has 0 atom stereocenters. The van der Waals surface area contributed by atoms with E-state index in [1.165, 1.54) is 0 Å². The van der Waals surface area contributed by atoms with Gasteiger partial charge >= 0.3 is 0 Å². The third-order valence-electron chi connectivity index (χ3n) is 0. The summed E-state index contributed by atoms with van der Waals surface area (Å²) in [5.74, 6) is 0. The van der Waals surface area contributed by atoms with Crippen LogP contribution in [0.3, 0.4) is 0 Å². The molecule has 0 aromatic heterocycles. The summed E-state index contributed by atoms with van der Waals surface area (Å²) in [6.07, 6.45) is 0. The first-order valence-electron chi connectivity index (χ1n) is 0. The van der Waals surface area contributed by atoms with Crippen LogP contribution in [0.1, 0.15) is 0 Å². The Balaban J connectivity index is 0. The summed E-state index contributed by atoms with van der Waals surface area (Å²) in [5.41, 5.74) is 0. The van der Waals surface area contributed by atoms with E-state index in [4.69, 9.17) is 0 Å². The molecule has 0 aliphatic rings. The largest absolute Gasteiger partial charge is 0.147 e. The molecule has 0 fully saturated rings. The van der Waals surface area contributed by atoms with Crippen molar-refractivity contribution in [2.24, 2.45) is 0 Å². The molecule has 0 nitrogen and oxygen atoms in total. The van der Waals surface area contributed by atoms with Crippen molar-refractivity contribution in [1.82, 2.24) is 0 Å². The smallest absolute Gasteiger partial charge is 0 e. The van der Waals surface area contributed by atoms with Crippen molar-refractivity contribution in [3.05, 3.63) is 0 Å². The molecule has 0 aliphatic heterocycles. The molecule has 0 N–H and O–H groups in total. The summed E-state index contributed by atoms with van der Waals surface area (Å²) in [6.45, 7) is 0. The minimum absolute atomic E-state index is 0. The molecular weight excluding hydrogens is 342 g/mol. The van der Waals surface area contributed by atoms with Gasteiger partial charge in [0, 0.05) is 27.7 Å². The van der Waals surface area contributed by atoms with E-state index < -0.39 is 0 Å². The fourth-order valence-electron chi connectivity index (χ4n) is 0. The van der Waals surface area contributed by atoms with Crippen molar-refractivity contribution in [3.63, 3.8) is 0 Å². The molecule has 0 heterocycles. The Morgan fingerprint density at radius 2 is 0.400 bits per heavy atom. The second kappa shape index (κ2) is 36.0. The van der Waals surface area contributed by atoms with Crippen molar-refractivity contribution >= 4 is 49.6 Å². The molecule has 0 aliphatic carbocycles. The molecule has 0 saturated heterocycles. The summed E-state index contributed by atoms with van der Waals surface area (Å²) in [5, 5.41) is 0. The van der Waals surface area contributed by atoms with E-state index >= 15 is 0 Å². The third kappa shape index (κ3) is 23.3. The van der Waals surface area contributed by atoms with Crippen LogP contribution in [-0.4, -0.2) is 0 Å². The van der Waals surface area contributed by atoms with Crippen LogP contribution in [0, 0.1) is 0 Å².